The fourth-order valence-electron chi connectivity index (χ4n) is 2.34. The number of sulfone groups is 1. The molecule has 21 heavy (non-hydrogen) atoms. The van der Waals surface area contributed by atoms with Gasteiger partial charge in [0.15, 0.2) is 15.6 Å². The summed E-state index contributed by atoms with van der Waals surface area (Å²) in [5.74, 6) is -0.737. The van der Waals surface area contributed by atoms with Crippen LogP contribution in [0.3, 0.4) is 0 Å². The van der Waals surface area contributed by atoms with E-state index in [0.717, 1.165) is 5.56 Å². The molecule has 0 amide bonds. The first-order valence-corrected chi connectivity index (χ1v) is 8.56. The molecule has 1 fully saturated rings. The van der Waals surface area contributed by atoms with Crippen LogP contribution in [-0.4, -0.2) is 43.9 Å². The van der Waals surface area contributed by atoms with Crippen LogP contribution in [0.1, 0.15) is 26.3 Å². The van der Waals surface area contributed by atoms with E-state index in [1.165, 1.54) is 0 Å². The molecule has 1 aromatic rings. The van der Waals surface area contributed by atoms with Gasteiger partial charge < -0.3 is 14.6 Å². The van der Waals surface area contributed by atoms with E-state index in [1.807, 2.05) is 0 Å². The van der Waals surface area contributed by atoms with Crippen LogP contribution >= 0.6 is 0 Å². The highest BCUT2D eigenvalue weighted by atomic mass is 32.2. The fraction of sp³-hybridized carbons (Fsp3) is 0.600. The second kappa shape index (κ2) is 6.04. The minimum absolute atomic E-state index is 0.0465. The molecule has 0 aromatic heterocycles. The van der Waals surface area contributed by atoms with Crippen LogP contribution in [0.2, 0.25) is 0 Å². The highest BCUT2D eigenvalue weighted by Crippen LogP contribution is 2.29. The molecule has 6 heteroatoms. The van der Waals surface area contributed by atoms with Gasteiger partial charge in [-0.3, -0.25) is 0 Å². The Morgan fingerprint density at radius 2 is 1.95 bits per heavy atom. The molecule has 1 saturated heterocycles. The summed E-state index contributed by atoms with van der Waals surface area (Å²) in [7, 11) is -3.47. The van der Waals surface area contributed by atoms with Crippen LogP contribution in [0.15, 0.2) is 29.2 Å². The molecule has 1 aliphatic heterocycles. The second-order valence-corrected chi connectivity index (χ2v) is 8.04. The third kappa shape index (κ3) is 3.63. The SMILES string of the molecule is CC(C1COC(C)(C)O1)S(=O)(=O)c1ccc(CCO)cc1. The second-order valence-electron chi connectivity index (χ2n) is 5.73. The summed E-state index contributed by atoms with van der Waals surface area (Å²) in [6, 6.07) is 6.62. The van der Waals surface area contributed by atoms with E-state index in [-0.39, 0.29) is 18.1 Å². The first-order valence-electron chi connectivity index (χ1n) is 7.02. The zero-order chi connectivity index (χ0) is 15.7. The third-order valence-corrected chi connectivity index (χ3v) is 5.91. The Hall–Kier alpha value is -0.950. The van der Waals surface area contributed by atoms with E-state index >= 15 is 0 Å². The van der Waals surface area contributed by atoms with Gasteiger partial charge in [-0.05, 0) is 44.9 Å². The molecule has 5 nitrogen and oxygen atoms in total. The maximum absolute atomic E-state index is 12.6. The summed E-state index contributed by atoms with van der Waals surface area (Å²) < 4.78 is 36.3. The quantitative estimate of drug-likeness (QED) is 0.892. The molecule has 1 N–H and O–H groups in total. The van der Waals surface area contributed by atoms with Gasteiger partial charge in [0, 0.05) is 6.61 Å². The normalized spacial score (nSPS) is 23.1. The lowest BCUT2D eigenvalue weighted by atomic mass is 10.2. The average molecular weight is 314 g/mol. The molecule has 0 spiro atoms. The number of hydrogen-bond acceptors (Lipinski definition) is 5. The van der Waals surface area contributed by atoms with Crippen LogP contribution in [0.25, 0.3) is 0 Å². The predicted octanol–water partition coefficient (Wildman–Crippen LogP) is 1.54. The number of ether oxygens (including phenoxy) is 2. The average Bonchev–Trinajstić information content (AvgIpc) is 2.79. The molecule has 0 radical (unpaired) electrons. The lowest BCUT2D eigenvalue weighted by Gasteiger charge is -2.21. The smallest absolute Gasteiger partial charge is 0.183 e. The van der Waals surface area contributed by atoms with Gasteiger partial charge in [0.2, 0.25) is 0 Å². The van der Waals surface area contributed by atoms with Crippen LogP contribution in [-0.2, 0) is 25.7 Å². The Labute approximate surface area is 125 Å². The van der Waals surface area contributed by atoms with Crippen molar-refractivity contribution < 1.29 is 23.0 Å². The van der Waals surface area contributed by atoms with Gasteiger partial charge in [0.05, 0.1) is 16.8 Å². The summed E-state index contributed by atoms with van der Waals surface area (Å²) in [6.07, 6.45) is 0.0472. The lowest BCUT2D eigenvalue weighted by Crippen LogP contribution is -2.34. The summed E-state index contributed by atoms with van der Waals surface area (Å²) in [4.78, 5) is 0.269. The summed E-state index contributed by atoms with van der Waals surface area (Å²) in [5, 5.41) is 8.20. The zero-order valence-corrected chi connectivity index (χ0v) is 13.4. The molecule has 118 valence electrons. The molecular weight excluding hydrogens is 292 g/mol. The van der Waals surface area contributed by atoms with Crippen LogP contribution in [0.4, 0.5) is 0 Å². The van der Waals surface area contributed by atoms with Gasteiger partial charge in [0.1, 0.15) is 6.10 Å². The number of hydrogen-bond donors (Lipinski definition) is 1. The summed E-state index contributed by atoms with van der Waals surface area (Å²) in [6.45, 7) is 5.51. The molecule has 0 bridgehead atoms. The van der Waals surface area contributed by atoms with Gasteiger partial charge in [-0.2, -0.15) is 0 Å². The van der Waals surface area contributed by atoms with Crippen molar-refractivity contribution >= 4 is 9.84 Å². The van der Waals surface area contributed by atoms with Gasteiger partial charge >= 0.3 is 0 Å². The van der Waals surface area contributed by atoms with Crippen LogP contribution < -0.4 is 0 Å². The maximum Gasteiger partial charge on any atom is 0.183 e. The number of aliphatic hydroxyl groups is 1. The Bertz CT molecular complexity index is 577. The molecule has 1 aromatic carbocycles. The first kappa shape index (κ1) is 16.4. The van der Waals surface area contributed by atoms with E-state index in [9.17, 15) is 8.42 Å². The largest absolute Gasteiger partial charge is 0.396 e. The van der Waals surface area contributed by atoms with Crippen LogP contribution in [0.5, 0.6) is 0 Å². The maximum atomic E-state index is 12.6. The molecular formula is C15H22O5S. The van der Waals surface area contributed by atoms with E-state index in [2.05, 4.69) is 0 Å². The highest BCUT2D eigenvalue weighted by Gasteiger charge is 2.41. The van der Waals surface area contributed by atoms with Crippen molar-refractivity contribution in [3.63, 3.8) is 0 Å². The Kier molecular flexibility index (Phi) is 4.72. The molecule has 2 atom stereocenters. The fourth-order valence-corrected chi connectivity index (χ4v) is 3.81. The van der Waals surface area contributed by atoms with Gasteiger partial charge in [-0.1, -0.05) is 12.1 Å². The standard InChI is InChI=1S/C15H22O5S/c1-11(14-10-19-15(2,3)20-14)21(17,18)13-6-4-12(5-7-13)8-9-16/h4-7,11,14,16H,8-10H2,1-3H3. The van der Waals surface area contributed by atoms with Crippen molar-refractivity contribution in [2.75, 3.05) is 13.2 Å². The lowest BCUT2D eigenvalue weighted by molar-refractivity contribution is -0.138. The first-order chi connectivity index (χ1) is 9.76. The summed E-state index contributed by atoms with van der Waals surface area (Å²) >= 11 is 0. The Balaban J connectivity index is 2.17. The number of aliphatic hydroxyl groups excluding tert-OH is 1. The molecule has 1 heterocycles. The summed E-state index contributed by atoms with van der Waals surface area (Å²) in [5.41, 5.74) is 0.908. The number of rotatable bonds is 5. The van der Waals surface area contributed by atoms with E-state index in [4.69, 9.17) is 14.6 Å². The van der Waals surface area contributed by atoms with E-state index < -0.39 is 27.0 Å². The topological polar surface area (TPSA) is 72.8 Å². The molecule has 0 aliphatic carbocycles. The number of benzene rings is 1. The van der Waals surface area contributed by atoms with Gasteiger partial charge in [-0.25, -0.2) is 8.42 Å². The molecule has 2 unspecified atom stereocenters. The van der Waals surface area contributed by atoms with Crippen LogP contribution in [0, 0.1) is 0 Å². The highest BCUT2D eigenvalue weighted by molar-refractivity contribution is 7.92. The molecule has 0 saturated carbocycles. The van der Waals surface area contributed by atoms with Crippen molar-refractivity contribution in [3.8, 4) is 0 Å². The minimum Gasteiger partial charge on any atom is -0.396 e. The van der Waals surface area contributed by atoms with Gasteiger partial charge in [0.25, 0.3) is 0 Å². The molecule has 2 rings (SSSR count). The van der Waals surface area contributed by atoms with Crippen molar-refractivity contribution in [2.45, 2.75) is 49.2 Å². The predicted molar refractivity (Wildman–Crippen MR) is 78.8 cm³/mol. The minimum atomic E-state index is -3.47. The third-order valence-electron chi connectivity index (χ3n) is 3.70. The van der Waals surface area contributed by atoms with Gasteiger partial charge in [-0.15, -0.1) is 0 Å². The van der Waals surface area contributed by atoms with Crippen molar-refractivity contribution in [1.29, 1.82) is 0 Å². The Morgan fingerprint density at radius 1 is 1.33 bits per heavy atom. The Morgan fingerprint density at radius 3 is 2.43 bits per heavy atom. The molecule has 1 aliphatic rings. The zero-order valence-electron chi connectivity index (χ0n) is 12.6. The van der Waals surface area contributed by atoms with E-state index in [1.54, 1.807) is 45.0 Å². The van der Waals surface area contributed by atoms with Crippen molar-refractivity contribution in [2.24, 2.45) is 0 Å². The monoisotopic (exact) mass is 314 g/mol. The van der Waals surface area contributed by atoms with Crippen molar-refractivity contribution in [3.05, 3.63) is 29.8 Å². The van der Waals surface area contributed by atoms with E-state index in [0.29, 0.717) is 6.42 Å². The van der Waals surface area contributed by atoms with Crippen molar-refractivity contribution in [1.82, 2.24) is 0 Å².